The topological polar surface area (TPSA) is 33.6 Å². The molecule has 1 N–H and O–H groups in total. The molecule has 1 aliphatic heterocycles. The first kappa shape index (κ1) is 13.6. The van der Waals surface area contributed by atoms with Crippen molar-refractivity contribution >= 4 is 5.90 Å². The van der Waals surface area contributed by atoms with Gasteiger partial charge in [-0.25, -0.2) is 0 Å². The van der Waals surface area contributed by atoms with Gasteiger partial charge in [0.25, 0.3) is 0 Å². The third-order valence-corrected chi connectivity index (χ3v) is 3.85. The van der Waals surface area contributed by atoms with Gasteiger partial charge in [0.15, 0.2) is 0 Å². The van der Waals surface area contributed by atoms with E-state index in [0.717, 1.165) is 11.1 Å². The summed E-state index contributed by atoms with van der Waals surface area (Å²) in [5.74, 6) is 0.628. The molecule has 0 spiro atoms. The van der Waals surface area contributed by atoms with Crippen LogP contribution < -0.4 is 5.43 Å². The van der Waals surface area contributed by atoms with Crippen molar-refractivity contribution in [1.82, 2.24) is 5.43 Å². The number of hydrogen-bond donors (Lipinski definition) is 1. The molecular weight excluding hydrogens is 284 g/mol. The minimum Gasteiger partial charge on any atom is -0.446 e. The number of rotatable bonds is 3. The highest BCUT2D eigenvalue weighted by molar-refractivity contribution is 5.94. The second kappa shape index (κ2) is 5.97. The third kappa shape index (κ3) is 2.81. The maximum absolute atomic E-state index is 5.92. The fourth-order valence-electron chi connectivity index (χ4n) is 2.62. The Balaban J connectivity index is 1.50. The maximum Gasteiger partial charge on any atom is 0.240 e. The molecule has 3 nitrogen and oxygen atoms in total. The molecule has 4 rings (SSSR count). The largest absolute Gasteiger partial charge is 0.446 e. The van der Waals surface area contributed by atoms with Crippen molar-refractivity contribution in [1.29, 1.82) is 0 Å². The van der Waals surface area contributed by atoms with Crippen LogP contribution in [0, 0.1) is 0 Å². The molecule has 1 unspecified atom stereocenters. The van der Waals surface area contributed by atoms with Gasteiger partial charge in [0.1, 0.15) is 0 Å². The van der Waals surface area contributed by atoms with Crippen LogP contribution in [0.4, 0.5) is 0 Å². The highest BCUT2D eigenvalue weighted by atomic mass is 16.5. The van der Waals surface area contributed by atoms with Crippen molar-refractivity contribution in [2.24, 2.45) is 5.10 Å². The number of hydrogen-bond acceptors (Lipinski definition) is 3. The summed E-state index contributed by atoms with van der Waals surface area (Å²) in [6.07, 6.45) is -0.241. The molecule has 0 aliphatic carbocycles. The van der Waals surface area contributed by atoms with Gasteiger partial charge in [-0.2, -0.15) is 0 Å². The molecule has 0 saturated carbocycles. The lowest BCUT2D eigenvalue weighted by atomic mass is 10.0. The van der Waals surface area contributed by atoms with E-state index in [9.17, 15) is 0 Å². The zero-order valence-corrected chi connectivity index (χ0v) is 12.5. The molecule has 1 heterocycles. The fourth-order valence-corrected chi connectivity index (χ4v) is 2.62. The zero-order chi connectivity index (χ0) is 15.5. The Bertz CT molecular complexity index is 811. The van der Waals surface area contributed by atoms with Crippen LogP contribution in [0.5, 0.6) is 0 Å². The number of nitrogens with one attached hydrogen (secondary N) is 1. The molecule has 1 aliphatic rings. The fraction of sp³-hybridized carbons (Fsp3) is 0.0500. The normalized spacial score (nSPS) is 16.3. The molecule has 112 valence electrons. The van der Waals surface area contributed by atoms with Gasteiger partial charge in [-0.1, -0.05) is 72.8 Å². The van der Waals surface area contributed by atoms with Gasteiger partial charge in [-0.05, 0) is 23.3 Å². The number of nitrogens with zero attached hydrogens (tertiary/aromatic N) is 1. The SMILES string of the molecule is c1ccc(C2=NNC(c3ccc(-c4ccccc4)cc3)O2)cc1. The summed E-state index contributed by atoms with van der Waals surface area (Å²) < 4.78 is 5.92. The van der Waals surface area contributed by atoms with E-state index < -0.39 is 0 Å². The lowest BCUT2D eigenvalue weighted by Gasteiger charge is -2.12. The van der Waals surface area contributed by atoms with E-state index in [1.165, 1.54) is 11.1 Å². The molecule has 0 bridgehead atoms. The van der Waals surface area contributed by atoms with Crippen LogP contribution in [0.1, 0.15) is 17.4 Å². The lowest BCUT2D eigenvalue weighted by Crippen LogP contribution is -2.12. The molecule has 3 aromatic rings. The number of hydrazone groups is 1. The first-order valence-corrected chi connectivity index (χ1v) is 7.61. The Labute approximate surface area is 135 Å². The van der Waals surface area contributed by atoms with Crippen LogP contribution >= 0.6 is 0 Å². The lowest BCUT2D eigenvalue weighted by molar-refractivity contribution is 0.192. The van der Waals surface area contributed by atoms with Gasteiger partial charge in [0.05, 0.1) is 0 Å². The monoisotopic (exact) mass is 300 g/mol. The number of ether oxygens (including phenoxy) is 1. The van der Waals surface area contributed by atoms with Crippen LogP contribution in [-0.4, -0.2) is 5.90 Å². The van der Waals surface area contributed by atoms with E-state index in [-0.39, 0.29) is 6.23 Å². The summed E-state index contributed by atoms with van der Waals surface area (Å²) in [6, 6.07) is 28.6. The van der Waals surface area contributed by atoms with Crippen LogP contribution in [0.15, 0.2) is 90.0 Å². The second-order valence-corrected chi connectivity index (χ2v) is 5.40. The zero-order valence-electron chi connectivity index (χ0n) is 12.5. The summed E-state index contributed by atoms with van der Waals surface area (Å²) in [6.45, 7) is 0. The van der Waals surface area contributed by atoms with Crippen molar-refractivity contribution in [2.75, 3.05) is 0 Å². The molecule has 0 amide bonds. The molecule has 0 radical (unpaired) electrons. The van der Waals surface area contributed by atoms with E-state index in [1.807, 2.05) is 48.5 Å². The average Bonchev–Trinajstić information content (AvgIpc) is 3.14. The molecule has 3 aromatic carbocycles. The smallest absolute Gasteiger partial charge is 0.240 e. The Morgan fingerprint density at radius 3 is 1.87 bits per heavy atom. The molecule has 0 saturated heterocycles. The Morgan fingerprint density at radius 1 is 0.652 bits per heavy atom. The predicted molar refractivity (Wildman–Crippen MR) is 91.8 cm³/mol. The van der Waals surface area contributed by atoms with Crippen LogP contribution in [0.2, 0.25) is 0 Å². The molecule has 1 atom stereocenters. The van der Waals surface area contributed by atoms with Crippen LogP contribution in [0.3, 0.4) is 0 Å². The van der Waals surface area contributed by atoms with Crippen molar-refractivity contribution in [2.45, 2.75) is 6.23 Å². The van der Waals surface area contributed by atoms with Crippen LogP contribution in [-0.2, 0) is 4.74 Å². The Hall–Kier alpha value is -3.07. The average molecular weight is 300 g/mol. The quantitative estimate of drug-likeness (QED) is 0.781. The van der Waals surface area contributed by atoms with Crippen LogP contribution in [0.25, 0.3) is 11.1 Å². The standard InChI is InChI=1S/C20H16N2O/c1-3-7-15(8-4-1)16-11-13-18(14-12-16)20-22-21-19(23-20)17-9-5-2-6-10-17/h1-14,20,22H. The van der Waals surface area contributed by atoms with E-state index in [0.29, 0.717) is 5.90 Å². The summed E-state index contributed by atoms with van der Waals surface area (Å²) in [5.41, 5.74) is 7.48. The van der Waals surface area contributed by atoms with Crippen molar-refractivity contribution in [3.63, 3.8) is 0 Å². The summed E-state index contributed by atoms with van der Waals surface area (Å²) in [4.78, 5) is 0. The first-order valence-electron chi connectivity index (χ1n) is 7.61. The van der Waals surface area contributed by atoms with E-state index in [4.69, 9.17) is 4.74 Å². The summed E-state index contributed by atoms with van der Waals surface area (Å²) >= 11 is 0. The Kier molecular flexibility index (Phi) is 3.53. The summed E-state index contributed by atoms with van der Waals surface area (Å²) in [7, 11) is 0. The highest BCUT2D eigenvalue weighted by Gasteiger charge is 2.21. The van der Waals surface area contributed by atoms with Gasteiger partial charge < -0.3 is 4.74 Å². The minimum atomic E-state index is -0.241. The van der Waals surface area contributed by atoms with Crippen molar-refractivity contribution < 1.29 is 4.74 Å². The van der Waals surface area contributed by atoms with E-state index >= 15 is 0 Å². The maximum atomic E-state index is 5.92. The van der Waals surface area contributed by atoms with Gasteiger partial charge >= 0.3 is 0 Å². The van der Waals surface area contributed by atoms with Crippen molar-refractivity contribution in [3.8, 4) is 11.1 Å². The van der Waals surface area contributed by atoms with Gasteiger partial charge in [-0.15, -0.1) is 5.10 Å². The van der Waals surface area contributed by atoms with E-state index in [1.54, 1.807) is 0 Å². The third-order valence-electron chi connectivity index (χ3n) is 3.85. The van der Waals surface area contributed by atoms with E-state index in [2.05, 4.69) is 46.9 Å². The molecular formula is C20H16N2O. The van der Waals surface area contributed by atoms with Gasteiger partial charge in [0.2, 0.25) is 12.1 Å². The first-order chi connectivity index (χ1) is 11.4. The molecule has 23 heavy (non-hydrogen) atoms. The highest BCUT2D eigenvalue weighted by Crippen LogP contribution is 2.25. The molecule has 0 fully saturated rings. The van der Waals surface area contributed by atoms with Gasteiger partial charge in [-0.3, -0.25) is 5.43 Å². The van der Waals surface area contributed by atoms with Crippen molar-refractivity contribution in [3.05, 3.63) is 96.1 Å². The second-order valence-electron chi connectivity index (χ2n) is 5.40. The molecule has 3 heteroatoms. The summed E-state index contributed by atoms with van der Waals surface area (Å²) in [5, 5.41) is 4.29. The van der Waals surface area contributed by atoms with Gasteiger partial charge in [0, 0.05) is 11.1 Å². The predicted octanol–water partition coefficient (Wildman–Crippen LogP) is 4.33. The minimum absolute atomic E-state index is 0.241. The molecule has 0 aromatic heterocycles. The number of benzene rings is 3. The Morgan fingerprint density at radius 2 is 1.22 bits per heavy atom.